The van der Waals surface area contributed by atoms with Gasteiger partial charge in [-0.3, -0.25) is 9.69 Å². The molecule has 5 rings (SSSR count). The summed E-state index contributed by atoms with van der Waals surface area (Å²) in [4.78, 5) is 15.2. The van der Waals surface area contributed by atoms with Crippen LogP contribution in [-0.4, -0.2) is 60.3 Å². The van der Waals surface area contributed by atoms with E-state index in [2.05, 4.69) is 15.1 Å². The number of hydrogen-bond acceptors (Lipinski definition) is 8. The standard InChI is InChI=1S/C26H23F2N3O5/c27-21-7-6-18(34-14-10-31-8-12-33-13-9-31)15-17(21)16-22(32)19-3-1-4-20(24(19)28)25-29-30-26(36-25)23-5-2-11-35-23/h1-7,11,15H,8-10,12-14,16H2. The summed E-state index contributed by atoms with van der Waals surface area (Å²) in [5, 5.41) is 7.72. The maximum absolute atomic E-state index is 15.3. The van der Waals surface area contributed by atoms with Crippen LogP contribution in [0.25, 0.3) is 23.1 Å². The van der Waals surface area contributed by atoms with Crippen LogP contribution in [0.2, 0.25) is 0 Å². The fourth-order valence-electron chi connectivity index (χ4n) is 3.91. The molecule has 36 heavy (non-hydrogen) atoms. The number of ketones is 1. The van der Waals surface area contributed by atoms with Gasteiger partial charge < -0.3 is 18.3 Å². The van der Waals surface area contributed by atoms with E-state index in [9.17, 15) is 9.18 Å². The zero-order valence-electron chi connectivity index (χ0n) is 19.3. The second-order valence-corrected chi connectivity index (χ2v) is 8.21. The minimum absolute atomic E-state index is 0.0353. The molecule has 0 spiro atoms. The number of morpholine rings is 1. The van der Waals surface area contributed by atoms with E-state index in [0.29, 0.717) is 37.9 Å². The summed E-state index contributed by atoms with van der Waals surface area (Å²) in [7, 11) is 0. The molecule has 1 fully saturated rings. The second-order valence-electron chi connectivity index (χ2n) is 8.21. The highest BCUT2D eigenvalue weighted by Crippen LogP contribution is 2.28. The average Bonchev–Trinajstić information content (AvgIpc) is 3.59. The van der Waals surface area contributed by atoms with Crippen molar-refractivity contribution in [2.75, 3.05) is 39.5 Å². The Balaban J connectivity index is 1.28. The number of carbonyl (C=O) groups excluding carboxylic acids is 1. The number of halogens is 2. The van der Waals surface area contributed by atoms with Crippen LogP contribution >= 0.6 is 0 Å². The maximum atomic E-state index is 15.3. The Kier molecular flexibility index (Phi) is 7.15. The molecule has 1 saturated heterocycles. The fraction of sp³-hybridized carbons (Fsp3) is 0.269. The Morgan fingerprint density at radius 1 is 1.03 bits per heavy atom. The van der Waals surface area contributed by atoms with E-state index in [-0.39, 0.29) is 34.9 Å². The third-order valence-corrected chi connectivity index (χ3v) is 5.83. The van der Waals surface area contributed by atoms with E-state index < -0.39 is 17.4 Å². The van der Waals surface area contributed by atoms with Crippen molar-refractivity contribution in [1.82, 2.24) is 15.1 Å². The minimum atomic E-state index is -0.824. The molecule has 2 aromatic heterocycles. The molecule has 10 heteroatoms. The quantitative estimate of drug-likeness (QED) is 0.316. The minimum Gasteiger partial charge on any atom is -0.492 e. The third kappa shape index (κ3) is 5.34. The lowest BCUT2D eigenvalue weighted by molar-refractivity contribution is 0.0322. The van der Waals surface area contributed by atoms with Gasteiger partial charge in [0.1, 0.15) is 24.0 Å². The van der Waals surface area contributed by atoms with E-state index in [0.717, 1.165) is 13.1 Å². The summed E-state index contributed by atoms with van der Waals surface area (Å²) in [5.74, 6) is -1.23. The van der Waals surface area contributed by atoms with Crippen LogP contribution in [-0.2, 0) is 11.2 Å². The van der Waals surface area contributed by atoms with Crippen LogP contribution < -0.4 is 4.74 Å². The van der Waals surface area contributed by atoms with Gasteiger partial charge in [0.2, 0.25) is 0 Å². The second kappa shape index (κ2) is 10.8. The van der Waals surface area contributed by atoms with Crippen molar-refractivity contribution in [1.29, 1.82) is 0 Å². The molecular formula is C26H23F2N3O5. The molecule has 2 aromatic carbocycles. The van der Waals surface area contributed by atoms with Crippen molar-refractivity contribution >= 4 is 5.78 Å². The molecule has 3 heterocycles. The van der Waals surface area contributed by atoms with E-state index in [1.807, 2.05) is 0 Å². The predicted octanol–water partition coefficient (Wildman–Crippen LogP) is 4.41. The number of Topliss-reactive ketones (excluding diaryl/α,β-unsaturated/α-hetero) is 1. The molecule has 0 aliphatic carbocycles. The highest BCUT2D eigenvalue weighted by atomic mass is 19.1. The summed E-state index contributed by atoms with van der Waals surface area (Å²) < 4.78 is 51.6. The van der Waals surface area contributed by atoms with Crippen LogP contribution in [0.5, 0.6) is 5.75 Å². The lowest BCUT2D eigenvalue weighted by Crippen LogP contribution is -2.38. The molecule has 0 bridgehead atoms. The summed E-state index contributed by atoms with van der Waals surface area (Å²) >= 11 is 0. The van der Waals surface area contributed by atoms with Crippen molar-refractivity contribution in [2.45, 2.75) is 6.42 Å². The molecule has 0 saturated carbocycles. The smallest absolute Gasteiger partial charge is 0.283 e. The summed E-state index contributed by atoms with van der Waals surface area (Å²) in [6.07, 6.45) is 1.11. The Labute approximate surface area is 205 Å². The van der Waals surface area contributed by atoms with E-state index >= 15 is 4.39 Å². The molecule has 1 aliphatic heterocycles. The number of hydrogen-bond donors (Lipinski definition) is 0. The van der Waals surface area contributed by atoms with Crippen molar-refractivity contribution in [2.24, 2.45) is 0 Å². The Bertz CT molecular complexity index is 1330. The Morgan fingerprint density at radius 3 is 2.67 bits per heavy atom. The van der Waals surface area contributed by atoms with Crippen molar-refractivity contribution in [3.8, 4) is 28.9 Å². The number of nitrogens with zero attached hydrogens (tertiary/aromatic N) is 3. The molecule has 8 nitrogen and oxygen atoms in total. The van der Waals surface area contributed by atoms with Crippen LogP contribution in [0.3, 0.4) is 0 Å². The molecule has 0 unspecified atom stereocenters. The number of carbonyl (C=O) groups is 1. The first-order valence-electron chi connectivity index (χ1n) is 11.5. The molecule has 4 aromatic rings. The molecule has 0 radical (unpaired) electrons. The topological polar surface area (TPSA) is 90.8 Å². The van der Waals surface area contributed by atoms with Crippen molar-refractivity contribution in [3.05, 3.63) is 77.6 Å². The number of benzene rings is 2. The number of ether oxygens (including phenoxy) is 2. The monoisotopic (exact) mass is 495 g/mol. The van der Waals surface area contributed by atoms with Crippen LogP contribution in [0.4, 0.5) is 8.78 Å². The van der Waals surface area contributed by atoms with Gasteiger partial charge in [0.15, 0.2) is 11.5 Å². The zero-order valence-corrected chi connectivity index (χ0v) is 19.3. The van der Waals surface area contributed by atoms with E-state index in [1.165, 1.54) is 42.7 Å². The number of furan rings is 1. The predicted molar refractivity (Wildman–Crippen MR) is 125 cm³/mol. The van der Waals surface area contributed by atoms with Gasteiger partial charge in [0.05, 0.1) is 30.6 Å². The van der Waals surface area contributed by atoms with Crippen LogP contribution in [0.15, 0.2) is 63.6 Å². The first-order chi connectivity index (χ1) is 17.6. The van der Waals surface area contributed by atoms with E-state index in [4.69, 9.17) is 18.3 Å². The lowest BCUT2D eigenvalue weighted by Gasteiger charge is -2.26. The number of rotatable bonds is 9. The van der Waals surface area contributed by atoms with E-state index in [1.54, 1.807) is 12.1 Å². The molecule has 186 valence electrons. The molecule has 0 N–H and O–H groups in total. The lowest BCUT2D eigenvalue weighted by atomic mass is 10.00. The Hall–Kier alpha value is -3.89. The first-order valence-corrected chi connectivity index (χ1v) is 11.5. The van der Waals surface area contributed by atoms with Gasteiger partial charge in [-0.05, 0) is 48.0 Å². The van der Waals surface area contributed by atoms with Gasteiger partial charge >= 0.3 is 0 Å². The highest BCUT2D eigenvalue weighted by molar-refractivity contribution is 5.98. The highest BCUT2D eigenvalue weighted by Gasteiger charge is 2.22. The SMILES string of the molecule is O=C(Cc1cc(OCCN2CCOCC2)ccc1F)c1cccc(-c2nnc(-c3ccco3)o2)c1F. The maximum Gasteiger partial charge on any atom is 0.283 e. The number of aromatic nitrogens is 2. The van der Waals surface area contributed by atoms with Crippen LogP contribution in [0.1, 0.15) is 15.9 Å². The van der Waals surface area contributed by atoms with Crippen molar-refractivity contribution in [3.63, 3.8) is 0 Å². The average molecular weight is 495 g/mol. The summed E-state index contributed by atoms with van der Waals surface area (Å²) in [5.41, 5.74) is -0.123. The van der Waals surface area contributed by atoms with Crippen LogP contribution in [0, 0.1) is 11.6 Å². The first kappa shape index (κ1) is 23.8. The van der Waals surface area contributed by atoms with Gasteiger partial charge in [0.25, 0.3) is 11.8 Å². The van der Waals surface area contributed by atoms with Gasteiger partial charge in [-0.25, -0.2) is 8.78 Å². The van der Waals surface area contributed by atoms with Gasteiger partial charge in [-0.15, -0.1) is 10.2 Å². The molecule has 1 aliphatic rings. The Morgan fingerprint density at radius 2 is 1.86 bits per heavy atom. The third-order valence-electron chi connectivity index (χ3n) is 5.83. The normalized spacial score (nSPS) is 14.2. The van der Waals surface area contributed by atoms with Gasteiger partial charge in [0, 0.05) is 26.1 Å². The summed E-state index contributed by atoms with van der Waals surface area (Å²) in [6, 6.07) is 11.8. The molecule has 0 amide bonds. The largest absolute Gasteiger partial charge is 0.492 e. The zero-order chi connectivity index (χ0) is 24.9. The molecular weight excluding hydrogens is 472 g/mol. The fourth-order valence-corrected chi connectivity index (χ4v) is 3.91. The summed E-state index contributed by atoms with van der Waals surface area (Å²) in [6.45, 7) is 4.19. The van der Waals surface area contributed by atoms with Crippen molar-refractivity contribution < 1.29 is 31.9 Å². The van der Waals surface area contributed by atoms with Gasteiger partial charge in [-0.1, -0.05) is 6.07 Å². The van der Waals surface area contributed by atoms with Gasteiger partial charge in [-0.2, -0.15) is 0 Å². The molecule has 0 atom stereocenters.